The second kappa shape index (κ2) is 16.8. The summed E-state index contributed by atoms with van der Waals surface area (Å²) in [5, 5.41) is 4.73. The zero-order valence-electron chi connectivity index (χ0n) is 39.8. The number of hydrogen-bond donors (Lipinski definition) is 0. The smallest absolute Gasteiger partial charge is 0.0623 e. The SMILES string of the molecule is [2H]C([2H])=C([2H])c1cccc(N(c2ccc(-c3ccc(N(c4ccc(-c5cccc6ccccc56)cc4)c4cccc(C([2H])=C([2H])[2H])c4)cc3)cc2)c2ccc(-c3cccc4ccccc34)cc2)c1. The zero-order chi connectivity index (χ0) is 46.7. The highest BCUT2D eigenvalue weighted by Gasteiger charge is 2.17. The molecule has 0 aromatic heterocycles. The van der Waals surface area contributed by atoms with E-state index >= 15 is 0 Å². The maximum Gasteiger partial charge on any atom is 0.0623 e. The lowest BCUT2D eigenvalue weighted by atomic mass is 9.98. The number of anilines is 6. The first kappa shape index (κ1) is 31.7. The molecule has 0 bridgehead atoms. The highest BCUT2D eigenvalue weighted by Crippen LogP contribution is 2.40. The van der Waals surface area contributed by atoms with Crippen LogP contribution >= 0.6 is 0 Å². The third kappa shape index (κ3) is 7.47. The van der Waals surface area contributed by atoms with E-state index in [4.69, 9.17) is 8.22 Å². The summed E-state index contributed by atoms with van der Waals surface area (Å²) in [5.74, 6) is 0. The topological polar surface area (TPSA) is 6.48 Å². The van der Waals surface area contributed by atoms with Crippen LogP contribution in [0.25, 0.3) is 67.0 Å². The molecule has 0 amide bonds. The van der Waals surface area contributed by atoms with Crippen LogP contribution in [0.15, 0.2) is 244 Å². The first-order valence-corrected chi connectivity index (χ1v) is 20.7. The van der Waals surface area contributed by atoms with Gasteiger partial charge in [-0.15, -0.1) is 0 Å². The first-order valence-electron chi connectivity index (χ1n) is 23.7. The summed E-state index contributed by atoms with van der Waals surface area (Å²) in [6, 6.07) is 77.8. The van der Waals surface area contributed by atoms with Crippen LogP contribution < -0.4 is 9.80 Å². The lowest BCUT2D eigenvalue weighted by Gasteiger charge is -2.27. The van der Waals surface area contributed by atoms with Gasteiger partial charge in [-0.3, -0.25) is 0 Å². The molecule has 2 nitrogen and oxygen atoms in total. The van der Waals surface area contributed by atoms with Crippen LogP contribution in [0.1, 0.15) is 19.4 Å². The molecule has 2 heteroatoms. The molecule has 0 aliphatic carbocycles. The standard InChI is InChI=1S/C60H44N2/c1-3-43-13-9-19-55(41-43)61(53-37-29-49(30-38-53)59-23-11-17-47-15-5-7-21-57(47)59)51-33-25-45(26-34-51)46-27-35-52(36-28-46)62(56-20-10-14-44(4-2)42-56)54-39-31-50(32-40-54)60-24-12-18-48-16-6-8-22-58(48)60/h3-42H,1-2H2/i1D2,2D2,3D,4D. The number of benzene rings is 10. The molecule has 0 aliphatic rings. The fourth-order valence-corrected chi connectivity index (χ4v) is 8.48. The van der Waals surface area contributed by atoms with E-state index in [2.05, 4.69) is 192 Å². The van der Waals surface area contributed by atoms with Gasteiger partial charge in [0.15, 0.2) is 0 Å². The lowest BCUT2D eigenvalue weighted by molar-refractivity contribution is 1.28. The summed E-state index contributed by atoms with van der Waals surface area (Å²) in [5.41, 5.74) is 12.7. The molecule has 62 heavy (non-hydrogen) atoms. The molecule has 10 rings (SSSR count). The van der Waals surface area contributed by atoms with Crippen LogP contribution in [0.2, 0.25) is 0 Å². The van der Waals surface area contributed by atoms with Gasteiger partial charge in [0.25, 0.3) is 0 Å². The molecule has 0 unspecified atom stereocenters. The summed E-state index contributed by atoms with van der Waals surface area (Å²) in [4.78, 5) is 4.26. The normalized spacial score (nSPS) is 12.3. The van der Waals surface area contributed by atoms with Crippen molar-refractivity contribution >= 4 is 67.8 Å². The molecule has 0 fully saturated rings. The summed E-state index contributed by atoms with van der Waals surface area (Å²) < 4.78 is 48.2. The number of hydrogen-bond acceptors (Lipinski definition) is 2. The average Bonchev–Trinajstić information content (AvgIpc) is 3.39. The Balaban J connectivity index is 0.992. The van der Waals surface area contributed by atoms with Crippen molar-refractivity contribution in [3.05, 3.63) is 255 Å². The maximum atomic E-state index is 8.43. The molecule has 0 heterocycles. The molecule has 294 valence electrons. The molecular formula is C60H44N2. The molecule has 0 radical (unpaired) electrons. The quantitative estimate of drug-likeness (QED) is 0.129. The van der Waals surface area contributed by atoms with Crippen molar-refractivity contribution in [2.75, 3.05) is 9.80 Å². The van der Waals surface area contributed by atoms with Gasteiger partial charge in [-0.25, -0.2) is 0 Å². The summed E-state index contributed by atoms with van der Waals surface area (Å²) >= 11 is 0. The predicted octanol–water partition coefficient (Wildman–Crippen LogP) is 17.2. The number of fused-ring (bicyclic) bond motifs is 2. The summed E-state index contributed by atoms with van der Waals surface area (Å²) in [6.07, 6.45) is 0. The molecule has 10 aromatic carbocycles. The van der Waals surface area contributed by atoms with E-state index in [1.54, 1.807) is 12.1 Å². The Morgan fingerprint density at radius 1 is 0.323 bits per heavy atom. The largest absolute Gasteiger partial charge is 0.310 e. The van der Waals surface area contributed by atoms with Gasteiger partial charge in [0.2, 0.25) is 0 Å². The monoisotopic (exact) mass is 798 g/mol. The molecule has 0 aliphatic heterocycles. The van der Waals surface area contributed by atoms with Gasteiger partial charge in [-0.05, 0) is 139 Å². The third-order valence-electron chi connectivity index (χ3n) is 11.5. The Kier molecular flexibility index (Phi) is 8.59. The van der Waals surface area contributed by atoms with Crippen LogP contribution in [0, 0.1) is 0 Å². The molecular weight excluding hydrogens is 749 g/mol. The van der Waals surface area contributed by atoms with Crippen molar-refractivity contribution in [3.8, 4) is 33.4 Å². The van der Waals surface area contributed by atoms with Crippen molar-refractivity contribution in [1.82, 2.24) is 0 Å². The van der Waals surface area contributed by atoms with Gasteiger partial charge in [0.05, 0.1) is 8.22 Å². The Morgan fingerprint density at radius 2 is 0.661 bits per heavy atom. The Morgan fingerprint density at radius 3 is 1.05 bits per heavy atom. The minimum absolute atomic E-state index is 0.145. The third-order valence-corrected chi connectivity index (χ3v) is 11.5. The van der Waals surface area contributed by atoms with Crippen LogP contribution in [-0.2, 0) is 0 Å². The van der Waals surface area contributed by atoms with Crippen molar-refractivity contribution in [2.45, 2.75) is 0 Å². The summed E-state index contributed by atoms with van der Waals surface area (Å²) in [7, 11) is 0. The number of nitrogens with zero attached hydrogens (tertiary/aromatic N) is 2. The fraction of sp³-hybridized carbons (Fsp3) is 0. The predicted molar refractivity (Wildman–Crippen MR) is 267 cm³/mol. The zero-order valence-corrected chi connectivity index (χ0v) is 33.8. The first-order chi connectivity index (χ1) is 33.2. The van der Waals surface area contributed by atoms with Gasteiger partial charge in [0.1, 0.15) is 0 Å². The molecule has 0 spiro atoms. The van der Waals surface area contributed by atoms with E-state index in [1.807, 2.05) is 36.4 Å². The molecule has 10 aromatic rings. The van der Waals surface area contributed by atoms with E-state index in [9.17, 15) is 0 Å². The summed E-state index contributed by atoms with van der Waals surface area (Å²) in [6.45, 7) is -1.08. The van der Waals surface area contributed by atoms with Crippen LogP contribution in [0.5, 0.6) is 0 Å². The maximum absolute atomic E-state index is 8.43. The highest BCUT2D eigenvalue weighted by molar-refractivity contribution is 5.98. The van der Waals surface area contributed by atoms with Gasteiger partial charge < -0.3 is 9.80 Å². The van der Waals surface area contributed by atoms with E-state index in [1.165, 1.54) is 21.5 Å². The highest BCUT2D eigenvalue weighted by atomic mass is 15.1. The van der Waals surface area contributed by atoms with E-state index in [-0.39, 0.29) is 12.1 Å². The molecule has 0 N–H and O–H groups in total. The second-order valence-electron chi connectivity index (χ2n) is 15.3. The number of rotatable bonds is 11. The van der Waals surface area contributed by atoms with Crippen LogP contribution in [0.4, 0.5) is 34.1 Å². The van der Waals surface area contributed by atoms with Crippen molar-refractivity contribution in [3.63, 3.8) is 0 Å². The Labute approximate surface area is 372 Å². The van der Waals surface area contributed by atoms with Crippen LogP contribution in [-0.4, -0.2) is 0 Å². The van der Waals surface area contributed by atoms with Crippen molar-refractivity contribution < 1.29 is 8.22 Å². The van der Waals surface area contributed by atoms with Crippen LogP contribution in [0.3, 0.4) is 0 Å². The fourth-order valence-electron chi connectivity index (χ4n) is 8.48. The molecule has 0 atom stereocenters. The Hall–Kier alpha value is -8.20. The second-order valence-corrected chi connectivity index (χ2v) is 15.3. The minimum atomic E-state index is -0.541. The van der Waals surface area contributed by atoms with E-state index in [0.29, 0.717) is 11.1 Å². The van der Waals surface area contributed by atoms with Gasteiger partial charge in [0, 0.05) is 34.1 Å². The van der Waals surface area contributed by atoms with Gasteiger partial charge in [-0.2, -0.15) is 0 Å². The molecule has 0 saturated carbocycles. The van der Waals surface area contributed by atoms with Gasteiger partial charge in [-0.1, -0.05) is 183 Å². The lowest BCUT2D eigenvalue weighted by Crippen LogP contribution is -2.10. The average molecular weight is 799 g/mol. The Bertz CT molecular complexity index is 3260. The van der Waals surface area contributed by atoms with Gasteiger partial charge >= 0.3 is 0 Å². The van der Waals surface area contributed by atoms with E-state index < -0.39 is 13.1 Å². The van der Waals surface area contributed by atoms with Crippen molar-refractivity contribution in [1.29, 1.82) is 0 Å². The van der Waals surface area contributed by atoms with Crippen molar-refractivity contribution in [2.24, 2.45) is 0 Å². The minimum Gasteiger partial charge on any atom is -0.310 e. The van der Waals surface area contributed by atoms with E-state index in [0.717, 1.165) is 67.5 Å². The molecule has 0 saturated heterocycles.